The fraction of sp³-hybridized carbons (Fsp3) is 0.837. The molecule has 0 spiro atoms. The van der Waals surface area contributed by atoms with Gasteiger partial charge >= 0.3 is 65.0 Å². The molecular weight excluding hydrogens is 882 g/mol. The quantitative estimate of drug-likeness (QED) is 0.0978. The SMILES string of the molecule is C1CCC(NC2CCCCC2)CC1.C1CCC(NC2CCCCC2)CC1.NC1CCCCC1.NC1CCCCC1.O=C(O)c1cccc([N+](=O)[O-])c1.[O]=[Cr](=[O])([OH])[OH].[O]=[Cr](=[O])([OH])[OH]. The van der Waals surface area contributed by atoms with Crippen LogP contribution in [-0.2, 0) is 42.4 Å². The molecule has 0 bridgehead atoms. The summed E-state index contributed by atoms with van der Waals surface area (Å²) >= 11 is -10.5. The number of rotatable bonds is 6. The number of hydrogen-bond acceptors (Lipinski definition) is 11. The minimum absolute atomic E-state index is 0.0794. The van der Waals surface area contributed by atoms with E-state index in [1.54, 1.807) is 0 Å². The zero-order valence-corrected chi connectivity index (χ0v) is 39.5. The van der Waals surface area contributed by atoms with Crippen molar-refractivity contribution in [3.05, 3.63) is 39.9 Å². The molecule has 362 valence electrons. The Morgan fingerprint density at radius 3 is 0.952 bits per heavy atom. The number of benzene rings is 1. The van der Waals surface area contributed by atoms with Gasteiger partial charge in [0.1, 0.15) is 0 Å². The van der Waals surface area contributed by atoms with E-state index in [0.717, 1.165) is 30.2 Å². The van der Waals surface area contributed by atoms with Crippen molar-refractivity contribution in [2.75, 3.05) is 0 Å². The molecule has 62 heavy (non-hydrogen) atoms. The molecule has 6 aliphatic rings. The van der Waals surface area contributed by atoms with Gasteiger partial charge in [0.2, 0.25) is 0 Å². The Kier molecular flexibility index (Phi) is 32.2. The molecule has 1 aromatic rings. The fourth-order valence-corrected chi connectivity index (χ4v) is 8.76. The van der Waals surface area contributed by atoms with Crippen molar-refractivity contribution >= 4 is 11.7 Å². The molecule has 0 unspecified atom stereocenters. The van der Waals surface area contributed by atoms with E-state index in [9.17, 15) is 14.9 Å². The molecule has 19 heteroatoms. The average molecular weight is 964 g/mol. The summed E-state index contributed by atoms with van der Waals surface area (Å²) in [5.74, 6) is -1.17. The van der Waals surface area contributed by atoms with E-state index in [4.69, 9.17) is 48.4 Å². The molecule has 11 N–H and O–H groups in total. The van der Waals surface area contributed by atoms with Gasteiger partial charge in [0.05, 0.1) is 10.5 Å². The number of carbonyl (C=O) groups is 1. The predicted molar refractivity (Wildman–Crippen MR) is 228 cm³/mol. The van der Waals surface area contributed by atoms with Crippen LogP contribution in [0.5, 0.6) is 0 Å². The monoisotopic (exact) mass is 963 g/mol. The van der Waals surface area contributed by atoms with Gasteiger partial charge in [0, 0.05) is 48.4 Å². The maximum atomic E-state index is 10.4. The van der Waals surface area contributed by atoms with Gasteiger partial charge in [0.15, 0.2) is 0 Å². The number of nitro benzene ring substituents is 1. The van der Waals surface area contributed by atoms with Crippen LogP contribution >= 0.6 is 0 Å². The summed E-state index contributed by atoms with van der Waals surface area (Å²) in [6, 6.07) is 9.45. The van der Waals surface area contributed by atoms with Crippen molar-refractivity contribution in [3.8, 4) is 0 Å². The molecule has 0 atom stereocenters. The van der Waals surface area contributed by atoms with Crippen molar-refractivity contribution < 1.29 is 73.9 Å². The van der Waals surface area contributed by atoms with Crippen molar-refractivity contribution in [2.24, 2.45) is 11.5 Å². The fourth-order valence-electron chi connectivity index (χ4n) is 8.76. The number of nitrogens with zero attached hydrogens (tertiary/aromatic N) is 1. The molecule has 6 saturated carbocycles. The first-order valence-corrected chi connectivity index (χ1v) is 27.6. The molecule has 0 amide bonds. The third kappa shape index (κ3) is 36.4. The summed E-state index contributed by atoms with van der Waals surface area (Å²) in [7, 11) is 0. The predicted octanol–water partition coefficient (Wildman–Crippen LogP) is 7.62. The molecule has 6 fully saturated rings. The van der Waals surface area contributed by atoms with E-state index in [2.05, 4.69) is 10.6 Å². The summed E-state index contributed by atoms with van der Waals surface area (Å²) in [5, 5.41) is 26.4. The minimum atomic E-state index is -5.25. The van der Waals surface area contributed by atoms with E-state index < -0.39 is 38.1 Å². The molecule has 1 aromatic carbocycles. The molecular formula is C43H81Cr2N5O12. The number of nitrogens with one attached hydrogen (secondary N) is 2. The Hall–Kier alpha value is -1.97. The average Bonchev–Trinajstić information content (AvgIpc) is 3.23. The second kappa shape index (κ2) is 34.4. The number of nitrogens with two attached hydrogens (primary N) is 2. The van der Waals surface area contributed by atoms with Crippen molar-refractivity contribution in [3.63, 3.8) is 0 Å². The molecule has 0 heterocycles. The van der Waals surface area contributed by atoms with Gasteiger partial charge in [-0.25, -0.2) is 4.79 Å². The molecule has 17 nitrogen and oxygen atoms in total. The number of carboxylic acids is 1. The maximum absolute atomic E-state index is 10.4. The van der Waals surface area contributed by atoms with E-state index >= 15 is 0 Å². The second-order valence-corrected chi connectivity index (χ2v) is 20.3. The molecule has 0 aromatic heterocycles. The first-order valence-electron chi connectivity index (χ1n) is 23.2. The normalized spacial score (nSPS) is 21.0. The van der Waals surface area contributed by atoms with Crippen LogP contribution in [0.15, 0.2) is 24.3 Å². The standard InChI is InChI=1S/2C12H23N.C7H5NO4.2C6H13N.2Cr.4H2O.4O/c2*1-3-7-11(8-4-1)13-12-9-5-2-6-10-12;9-7(10)5-2-1-3-6(4-5)8(11)12;2*7-6-4-2-1-3-5-6;;;;;;;;;;/h2*11-13H,1-10H2;1-4H,(H,9,10);2*6H,1-5,7H2;;;4*1H2;;;;/q;;;;;2*+2;;;;;;;;/p-4. The molecule has 6 aliphatic carbocycles. The Balaban J connectivity index is 0.000000374. The summed E-state index contributed by atoms with van der Waals surface area (Å²) in [4.78, 5) is 19.9. The first-order chi connectivity index (χ1) is 29.3. The zero-order chi connectivity index (χ0) is 46.2. The number of non-ortho nitro benzene ring substituents is 1. The van der Waals surface area contributed by atoms with Crippen LogP contribution in [0.25, 0.3) is 0 Å². The molecule has 0 aliphatic heterocycles. The van der Waals surface area contributed by atoms with E-state index in [1.807, 2.05) is 0 Å². The zero-order valence-electron chi connectivity index (χ0n) is 37.0. The first kappa shape index (κ1) is 58.1. The molecule has 7 rings (SSSR count). The van der Waals surface area contributed by atoms with Crippen LogP contribution in [-0.4, -0.2) is 68.9 Å². The van der Waals surface area contributed by atoms with Gasteiger partial charge in [-0.2, -0.15) is 0 Å². The Morgan fingerprint density at radius 1 is 0.516 bits per heavy atom. The van der Waals surface area contributed by atoms with Crippen LogP contribution < -0.4 is 22.1 Å². The number of nitro groups is 1. The van der Waals surface area contributed by atoms with Crippen LogP contribution in [0.4, 0.5) is 5.69 Å². The summed E-state index contributed by atoms with van der Waals surface area (Å²) in [5.41, 5.74) is 11.0. The number of carboxylic acid groups (broad SMARTS) is 1. The Morgan fingerprint density at radius 2 is 0.758 bits per heavy atom. The van der Waals surface area contributed by atoms with Crippen LogP contribution in [0.3, 0.4) is 0 Å². The van der Waals surface area contributed by atoms with E-state index in [-0.39, 0.29) is 11.3 Å². The van der Waals surface area contributed by atoms with Crippen molar-refractivity contribution in [2.45, 2.75) is 229 Å². The second-order valence-electron chi connectivity index (χ2n) is 17.5. The topological polar surface area (TPSA) is 306 Å². The Bertz CT molecular complexity index is 1360. The summed E-state index contributed by atoms with van der Waals surface area (Å²) in [6.07, 6.45) is 42.5. The number of aromatic carboxylic acids is 1. The third-order valence-corrected chi connectivity index (χ3v) is 12.0. The van der Waals surface area contributed by atoms with Crippen molar-refractivity contribution in [1.29, 1.82) is 0 Å². The molecule has 0 radical (unpaired) electrons. The van der Waals surface area contributed by atoms with Crippen LogP contribution in [0.2, 0.25) is 0 Å². The van der Waals surface area contributed by atoms with Crippen molar-refractivity contribution in [1.82, 2.24) is 10.6 Å². The van der Waals surface area contributed by atoms with Crippen LogP contribution in [0, 0.1) is 10.1 Å². The summed E-state index contributed by atoms with van der Waals surface area (Å²) in [6.45, 7) is 0. The van der Waals surface area contributed by atoms with E-state index in [0.29, 0.717) is 12.1 Å². The van der Waals surface area contributed by atoms with Gasteiger partial charge in [0.25, 0.3) is 5.69 Å². The third-order valence-electron chi connectivity index (χ3n) is 12.0. The van der Waals surface area contributed by atoms with Gasteiger partial charge < -0.3 is 27.2 Å². The number of hydrogen-bond donors (Lipinski definition) is 9. The van der Waals surface area contributed by atoms with Gasteiger partial charge in [-0.1, -0.05) is 122 Å². The van der Waals surface area contributed by atoms with Gasteiger partial charge in [-0.3, -0.25) is 10.1 Å². The van der Waals surface area contributed by atoms with E-state index in [1.165, 1.54) is 211 Å². The molecule has 0 saturated heterocycles. The van der Waals surface area contributed by atoms with Crippen LogP contribution in [0.1, 0.15) is 203 Å². The van der Waals surface area contributed by atoms with Gasteiger partial charge in [-0.15, -0.1) is 0 Å². The Labute approximate surface area is 374 Å². The summed E-state index contributed by atoms with van der Waals surface area (Å²) < 4.78 is 63.8. The van der Waals surface area contributed by atoms with Gasteiger partial charge in [-0.05, 0) is 83.1 Å².